The van der Waals surface area contributed by atoms with E-state index in [0.29, 0.717) is 22.9 Å². The van der Waals surface area contributed by atoms with Gasteiger partial charge in [-0.2, -0.15) is 0 Å². The van der Waals surface area contributed by atoms with E-state index >= 15 is 0 Å². The van der Waals surface area contributed by atoms with E-state index in [0.717, 1.165) is 21.7 Å². The van der Waals surface area contributed by atoms with Crippen molar-refractivity contribution in [1.29, 1.82) is 0 Å². The highest BCUT2D eigenvalue weighted by atomic mass is 35.5. The average Bonchev–Trinajstić information content (AvgIpc) is 2.65. The highest BCUT2D eigenvalue weighted by Crippen LogP contribution is 2.37. The van der Waals surface area contributed by atoms with Crippen LogP contribution in [0.5, 0.6) is 5.75 Å². The molecule has 0 unspecified atom stereocenters. The fourth-order valence-electron chi connectivity index (χ4n) is 3.16. The Labute approximate surface area is 170 Å². The summed E-state index contributed by atoms with van der Waals surface area (Å²) in [6.07, 6.45) is 0.839. The molecule has 2 aromatic carbocycles. The van der Waals surface area contributed by atoms with Crippen LogP contribution in [-0.2, 0) is 14.8 Å². The normalized spacial score (nSPS) is 17.4. The highest BCUT2D eigenvalue weighted by molar-refractivity contribution is 7.92. The van der Waals surface area contributed by atoms with Crippen LogP contribution in [0.4, 0.5) is 5.69 Å². The minimum Gasteiger partial charge on any atom is -0.476 e. The van der Waals surface area contributed by atoms with E-state index in [4.69, 9.17) is 16.3 Å². The minimum absolute atomic E-state index is 0.109. The van der Waals surface area contributed by atoms with Crippen molar-refractivity contribution in [2.75, 3.05) is 17.1 Å². The predicted molar refractivity (Wildman–Crippen MR) is 110 cm³/mol. The lowest BCUT2D eigenvalue weighted by Crippen LogP contribution is -2.51. The number of sulfonamides is 1. The van der Waals surface area contributed by atoms with Gasteiger partial charge in [-0.25, -0.2) is 8.42 Å². The Balaban J connectivity index is 1.84. The molecule has 0 fully saturated rings. The number of fused-ring (bicyclic) bond motifs is 1. The van der Waals surface area contributed by atoms with Gasteiger partial charge >= 0.3 is 0 Å². The molecule has 0 bridgehead atoms. The molecule has 1 heterocycles. The van der Waals surface area contributed by atoms with E-state index in [1.165, 1.54) is 6.07 Å². The van der Waals surface area contributed by atoms with Crippen LogP contribution in [0.2, 0.25) is 5.02 Å². The van der Waals surface area contributed by atoms with Crippen molar-refractivity contribution < 1.29 is 17.9 Å². The molecule has 6 nitrogen and oxygen atoms in total. The molecule has 8 heteroatoms. The van der Waals surface area contributed by atoms with E-state index in [1.807, 2.05) is 38.1 Å². The molecule has 0 saturated carbocycles. The maximum atomic E-state index is 12.9. The lowest BCUT2D eigenvalue weighted by atomic mass is 10.0. The summed E-state index contributed by atoms with van der Waals surface area (Å²) < 4.78 is 31.5. The third-order valence-electron chi connectivity index (χ3n) is 4.69. The van der Waals surface area contributed by atoms with Crippen LogP contribution >= 0.6 is 11.6 Å². The number of nitrogens with zero attached hydrogens (tertiary/aromatic N) is 1. The Kier molecular flexibility index (Phi) is 5.86. The summed E-state index contributed by atoms with van der Waals surface area (Å²) in [4.78, 5) is 12.9. The van der Waals surface area contributed by atoms with Gasteiger partial charge < -0.3 is 10.1 Å². The Morgan fingerprint density at radius 1 is 1.29 bits per heavy atom. The predicted octanol–water partition coefficient (Wildman–Crippen LogP) is 3.44. The number of carbonyl (C=O) groups is 1. The van der Waals surface area contributed by atoms with Gasteiger partial charge in [-0.15, -0.1) is 0 Å². The van der Waals surface area contributed by atoms with E-state index < -0.39 is 16.1 Å². The largest absolute Gasteiger partial charge is 0.476 e. The Morgan fingerprint density at radius 2 is 1.96 bits per heavy atom. The molecule has 0 saturated heterocycles. The Bertz CT molecular complexity index is 976. The highest BCUT2D eigenvalue weighted by Gasteiger charge is 2.35. The number of carbonyl (C=O) groups excluding carboxylic acids is 1. The maximum Gasteiger partial charge on any atom is 0.263 e. The number of aryl methyl sites for hydroxylation is 1. The number of hydrogen-bond donors (Lipinski definition) is 1. The van der Waals surface area contributed by atoms with E-state index in [-0.39, 0.29) is 18.5 Å². The molecule has 1 aliphatic rings. The molecule has 1 N–H and O–H groups in total. The van der Waals surface area contributed by atoms with Gasteiger partial charge in [0.15, 0.2) is 6.10 Å². The molecule has 2 aromatic rings. The van der Waals surface area contributed by atoms with Crippen molar-refractivity contribution in [3.63, 3.8) is 0 Å². The number of amides is 1. The van der Waals surface area contributed by atoms with Crippen LogP contribution in [0.1, 0.15) is 30.5 Å². The lowest BCUT2D eigenvalue weighted by molar-refractivity contribution is -0.128. The van der Waals surface area contributed by atoms with E-state index in [1.54, 1.807) is 12.1 Å². The van der Waals surface area contributed by atoms with Crippen LogP contribution in [0.3, 0.4) is 0 Å². The molecule has 0 aliphatic carbocycles. The number of hydrogen-bond acceptors (Lipinski definition) is 4. The smallest absolute Gasteiger partial charge is 0.263 e. The molecule has 2 atom stereocenters. The Hall–Kier alpha value is -2.25. The molecule has 0 aromatic heterocycles. The number of anilines is 1. The molecule has 3 rings (SSSR count). The third-order valence-corrected chi connectivity index (χ3v) is 6.07. The van der Waals surface area contributed by atoms with E-state index in [2.05, 4.69) is 5.32 Å². The summed E-state index contributed by atoms with van der Waals surface area (Å²) in [5, 5.41) is 3.37. The second-order valence-electron chi connectivity index (χ2n) is 6.89. The molecule has 1 aliphatic heterocycles. The zero-order valence-electron chi connectivity index (χ0n) is 16.0. The molecular weight excluding hydrogens is 400 g/mol. The van der Waals surface area contributed by atoms with Crippen LogP contribution in [0.25, 0.3) is 0 Å². The van der Waals surface area contributed by atoms with Gasteiger partial charge in [0.2, 0.25) is 10.0 Å². The number of ether oxygens (including phenoxy) is 1. The second-order valence-corrected chi connectivity index (χ2v) is 9.24. The first kappa shape index (κ1) is 20.5. The quantitative estimate of drug-likeness (QED) is 0.800. The summed E-state index contributed by atoms with van der Waals surface area (Å²) in [6, 6.07) is 12.5. The van der Waals surface area contributed by atoms with Crippen LogP contribution in [-0.4, -0.2) is 33.2 Å². The monoisotopic (exact) mass is 422 g/mol. The van der Waals surface area contributed by atoms with Crippen LogP contribution in [0.15, 0.2) is 42.5 Å². The van der Waals surface area contributed by atoms with Crippen LogP contribution in [0, 0.1) is 6.92 Å². The number of benzene rings is 2. The van der Waals surface area contributed by atoms with Gasteiger partial charge in [-0.05, 0) is 37.1 Å². The second kappa shape index (κ2) is 8.01. The fourth-order valence-corrected chi connectivity index (χ4v) is 4.23. The van der Waals surface area contributed by atoms with Gasteiger partial charge in [-0.1, -0.05) is 48.4 Å². The van der Waals surface area contributed by atoms with Gasteiger partial charge in [0, 0.05) is 5.02 Å². The standard InChI is InChI=1S/C20H23ClN2O4S/c1-4-16(14-7-5-13(2)6-8-14)22-20(24)19-12-23(28(3,25)26)17-11-15(21)9-10-18(17)27-19/h5-11,16,19H,4,12H2,1-3H3,(H,22,24)/t16-,19+/m0/s1. The van der Waals surface area contributed by atoms with Gasteiger partial charge in [0.1, 0.15) is 5.75 Å². The van der Waals surface area contributed by atoms with Crippen LogP contribution < -0.4 is 14.4 Å². The van der Waals surface area contributed by atoms with E-state index in [9.17, 15) is 13.2 Å². The average molecular weight is 423 g/mol. The lowest BCUT2D eigenvalue weighted by Gasteiger charge is -2.34. The zero-order valence-corrected chi connectivity index (χ0v) is 17.5. The minimum atomic E-state index is -3.60. The van der Waals surface area contributed by atoms with Crippen molar-refractivity contribution in [3.05, 3.63) is 58.6 Å². The van der Waals surface area contributed by atoms with Crippen molar-refractivity contribution in [3.8, 4) is 5.75 Å². The third kappa shape index (κ3) is 4.42. The number of nitrogens with one attached hydrogen (secondary N) is 1. The Morgan fingerprint density at radius 3 is 2.57 bits per heavy atom. The molecule has 1 amide bonds. The zero-order chi connectivity index (χ0) is 20.5. The van der Waals surface area contributed by atoms with Crippen molar-refractivity contribution in [2.24, 2.45) is 0 Å². The summed E-state index contributed by atoms with van der Waals surface area (Å²) in [6.45, 7) is 3.87. The molecule has 150 valence electrons. The summed E-state index contributed by atoms with van der Waals surface area (Å²) in [5.41, 5.74) is 2.47. The SMILES string of the molecule is CC[C@H](NC(=O)[C@H]1CN(S(C)(=O)=O)c2cc(Cl)ccc2O1)c1ccc(C)cc1. The van der Waals surface area contributed by atoms with Crippen molar-refractivity contribution in [2.45, 2.75) is 32.4 Å². The molecule has 28 heavy (non-hydrogen) atoms. The summed E-state index contributed by atoms with van der Waals surface area (Å²) >= 11 is 6.00. The van der Waals surface area contributed by atoms with Gasteiger partial charge in [-0.3, -0.25) is 9.10 Å². The number of rotatable bonds is 5. The topological polar surface area (TPSA) is 75.7 Å². The molecular formula is C20H23ClN2O4S. The fraction of sp³-hybridized carbons (Fsp3) is 0.350. The molecule has 0 radical (unpaired) electrons. The first-order valence-corrected chi connectivity index (χ1v) is 11.2. The van der Waals surface area contributed by atoms with Crippen molar-refractivity contribution in [1.82, 2.24) is 5.32 Å². The molecule has 0 spiro atoms. The summed E-state index contributed by atoms with van der Waals surface area (Å²) in [5.74, 6) is -0.0497. The maximum absolute atomic E-state index is 12.9. The van der Waals surface area contributed by atoms with Gasteiger partial charge in [0.05, 0.1) is 24.5 Å². The number of halogens is 1. The summed E-state index contributed by atoms with van der Waals surface area (Å²) in [7, 11) is -3.60. The first-order valence-electron chi connectivity index (χ1n) is 9.00. The first-order chi connectivity index (χ1) is 13.2. The van der Waals surface area contributed by atoms with Crippen molar-refractivity contribution >= 4 is 33.2 Å². The van der Waals surface area contributed by atoms with Gasteiger partial charge in [0.25, 0.3) is 5.91 Å².